The van der Waals surface area contributed by atoms with Gasteiger partial charge in [0, 0.05) is 30.6 Å². The molecule has 6 heteroatoms. The van der Waals surface area contributed by atoms with Gasteiger partial charge in [0.05, 0.1) is 16.0 Å². The summed E-state index contributed by atoms with van der Waals surface area (Å²) in [5.41, 5.74) is 0.103. The molecule has 1 N–H and O–H groups in total. The Kier molecular flexibility index (Phi) is 3.25. The Labute approximate surface area is 122 Å². The maximum absolute atomic E-state index is 10.8. The third-order valence-electron chi connectivity index (χ3n) is 3.87. The van der Waals surface area contributed by atoms with Crippen LogP contribution in [0.2, 0.25) is 0 Å². The van der Waals surface area contributed by atoms with Gasteiger partial charge in [-0.05, 0) is 38.0 Å². The maximum Gasteiger partial charge on any atom is 0.270 e. The molecule has 1 atom stereocenters. The molecule has 3 rings (SSSR count). The molecule has 21 heavy (non-hydrogen) atoms. The number of aliphatic hydroxyl groups is 1. The molecule has 1 saturated heterocycles. The number of non-ortho nitro benzene ring substituents is 1. The largest absolute Gasteiger partial charge is 0.388 e. The van der Waals surface area contributed by atoms with E-state index in [-0.39, 0.29) is 5.69 Å². The highest BCUT2D eigenvalue weighted by atomic mass is 16.6. The molecule has 1 unspecified atom stereocenters. The van der Waals surface area contributed by atoms with E-state index < -0.39 is 10.5 Å². The van der Waals surface area contributed by atoms with Crippen molar-refractivity contribution in [2.45, 2.75) is 25.4 Å². The molecule has 1 aromatic carbocycles. The number of aromatic nitrogens is 1. The fraction of sp³-hybridized carbons (Fsp3) is 0.400. The smallest absolute Gasteiger partial charge is 0.270 e. The number of hydrogen-bond acceptors (Lipinski definition) is 5. The first-order valence-corrected chi connectivity index (χ1v) is 6.97. The SMILES string of the molecule is CC1(O)CCCN(c2ccc3cc([N+](=O)[O-])ccc3n2)C1. The molecule has 0 saturated carbocycles. The molecule has 0 bridgehead atoms. The van der Waals surface area contributed by atoms with Crippen molar-refractivity contribution in [3.8, 4) is 0 Å². The van der Waals surface area contributed by atoms with Crippen LogP contribution in [-0.4, -0.2) is 33.7 Å². The Balaban J connectivity index is 1.94. The van der Waals surface area contributed by atoms with Crippen molar-refractivity contribution in [2.24, 2.45) is 0 Å². The first kappa shape index (κ1) is 13.8. The van der Waals surface area contributed by atoms with Crippen LogP contribution >= 0.6 is 0 Å². The summed E-state index contributed by atoms with van der Waals surface area (Å²) in [5.74, 6) is 0.802. The summed E-state index contributed by atoms with van der Waals surface area (Å²) in [5, 5.41) is 21.7. The average Bonchev–Trinajstić information content (AvgIpc) is 2.45. The van der Waals surface area contributed by atoms with E-state index in [9.17, 15) is 15.2 Å². The Morgan fingerprint density at radius 3 is 2.90 bits per heavy atom. The summed E-state index contributed by atoms with van der Waals surface area (Å²) in [4.78, 5) is 17.0. The fourth-order valence-electron chi connectivity index (χ4n) is 2.81. The highest BCUT2D eigenvalue weighted by molar-refractivity contribution is 5.82. The van der Waals surface area contributed by atoms with Gasteiger partial charge in [0.2, 0.25) is 0 Å². The van der Waals surface area contributed by atoms with E-state index in [1.54, 1.807) is 6.07 Å². The standard InChI is InChI=1S/C15H17N3O3/c1-15(19)7-2-8-17(10-15)14-6-3-11-9-12(18(20)21)4-5-13(11)16-14/h3-6,9,19H,2,7-8,10H2,1H3. The third kappa shape index (κ3) is 2.80. The number of nitro groups is 1. The van der Waals surface area contributed by atoms with Crippen LogP contribution in [0.5, 0.6) is 0 Å². The second-order valence-corrected chi connectivity index (χ2v) is 5.83. The number of piperidine rings is 1. The summed E-state index contributed by atoms with van der Waals surface area (Å²) in [7, 11) is 0. The molecule has 2 aromatic rings. The molecule has 0 spiro atoms. The zero-order chi connectivity index (χ0) is 15.0. The number of hydrogen-bond donors (Lipinski definition) is 1. The van der Waals surface area contributed by atoms with Crippen LogP contribution in [0.25, 0.3) is 10.9 Å². The summed E-state index contributed by atoms with van der Waals surface area (Å²) >= 11 is 0. The molecule has 1 fully saturated rings. The third-order valence-corrected chi connectivity index (χ3v) is 3.87. The molecule has 6 nitrogen and oxygen atoms in total. The minimum Gasteiger partial charge on any atom is -0.388 e. The Morgan fingerprint density at radius 2 is 2.19 bits per heavy atom. The van der Waals surface area contributed by atoms with Crippen molar-refractivity contribution >= 4 is 22.4 Å². The lowest BCUT2D eigenvalue weighted by Gasteiger charge is -2.37. The van der Waals surface area contributed by atoms with Crippen LogP contribution in [-0.2, 0) is 0 Å². The van der Waals surface area contributed by atoms with Gasteiger partial charge < -0.3 is 10.0 Å². The molecule has 1 aliphatic rings. The minimum atomic E-state index is -0.690. The Hall–Kier alpha value is -2.21. The van der Waals surface area contributed by atoms with E-state index in [1.807, 2.05) is 19.1 Å². The molecule has 0 amide bonds. The molecular formula is C15H17N3O3. The van der Waals surface area contributed by atoms with E-state index in [0.29, 0.717) is 6.54 Å². The summed E-state index contributed by atoms with van der Waals surface area (Å²) in [6, 6.07) is 8.35. The van der Waals surface area contributed by atoms with Crippen molar-refractivity contribution in [3.05, 3.63) is 40.4 Å². The lowest BCUT2D eigenvalue weighted by Crippen LogP contribution is -2.46. The molecule has 2 heterocycles. The van der Waals surface area contributed by atoms with E-state index in [4.69, 9.17) is 0 Å². The maximum atomic E-state index is 10.8. The Morgan fingerprint density at radius 1 is 1.38 bits per heavy atom. The first-order chi connectivity index (χ1) is 9.94. The molecule has 0 radical (unpaired) electrons. The fourth-order valence-corrected chi connectivity index (χ4v) is 2.81. The normalized spacial score (nSPS) is 22.5. The summed E-state index contributed by atoms with van der Waals surface area (Å²) < 4.78 is 0. The van der Waals surface area contributed by atoms with Crippen molar-refractivity contribution in [1.29, 1.82) is 0 Å². The number of pyridine rings is 1. The molecule has 0 aliphatic carbocycles. The zero-order valence-corrected chi connectivity index (χ0v) is 11.8. The van der Waals surface area contributed by atoms with Gasteiger partial charge >= 0.3 is 0 Å². The van der Waals surface area contributed by atoms with E-state index in [0.717, 1.165) is 36.1 Å². The van der Waals surface area contributed by atoms with Crippen LogP contribution in [0.4, 0.5) is 11.5 Å². The van der Waals surface area contributed by atoms with Crippen LogP contribution in [0.3, 0.4) is 0 Å². The number of β-amino-alcohol motifs (C(OH)–C–C–N with tert-alkyl or cyclic N) is 1. The lowest BCUT2D eigenvalue weighted by molar-refractivity contribution is -0.384. The number of anilines is 1. The second-order valence-electron chi connectivity index (χ2n) is 5.83. The lowest BCUT2D eigenvalue weighted by atomic mass is 9.95. The van der Waals surface area contributed by atoms with E-state index in [1.165, 1.54) is 12.1 Å². The van der Waals surface area contributed by atoms with Gasteiger partial charge in [-0.2, -0.15) is 0 Å². The van der Waals surface area contributed by atoms with Gasteiger partial charge in [0.1, 0.15) is 5.82 Å². The highest BCUT2D eigenvalue weighted by Crippen LogP contribution is 2.27. The van der Waals surface area contributed by atoms with Gasteiger partial charge in [0.15, 0.2) is 0 Å². The quantitative estimate of drug-likeness (QED) is 0.678. The topological polar surface area (TPSA) is 79.5 Å². The van der Waals surface area contributed by atoms with Crippen molar-refractivity contribution in [1.82, 2.24) is 4.98 Å². The van der Waals surface area contributed by atoms with Crippen molar-refractivity contribution in [2.75, 3.05) is 18.0 Å². The van der Waals surface area contributed by atoms with Crippen molar-refractivity contribution in [3.63, 3.8) is 0 Å². The van der Waals surface area contributed by atoms with Crippen LogP contribution in [0, 0.1) is 10.1 Å². The van der Waals surface area contributed by atoms with Crippen LogP contribution in [0.15, 0.2) is 30.3 Å². The van der Waals surface area contributed by atoms with Gasteiger partial charge in [0.25, 0.3) is 5.69 Å². The zero-order valence-electron chi connectivity index (χ0n) is 11.8. The van der Waals surface area contributed by atoms with Gasteiger partial charge in [-0.25, -0.2) is 4.98 Å². The van der Waals surface area contributed by atoms with Gasteiger partial charge in [-0.15, -0.1) is 0 Å². The number of benzene rings is 1. The molecule has 110 valence electrons. The Bertz CT molecular complexity index is 700. The molecule has 1 aliphatic heterocycles. The number of fused-ring (bicyclic) bond motifs is 1. The monoisotopic (exact) mass is 287 g/mol. The predicted octanol–water partition coefficient (Wildman–Crippen LogP) is 2.49. The molecular weight excluding hydrogens is 270 g/mol. The van der Waals surface area contributed by atoms with E-state index >= 15 is 0 Å². The van der Waals surface area contributed by atoms with Crippen LogP contribution < -0.4 is 4.90 Å². The van der Waals surface area contributed by atoms with Gasteiger partial charge in [-0.3, -0.25) is 10.1 Å². The minimum absolute atomic E-state index is 0.0676. The number of nitrogens with zero attached hydrogens (tertiary/aromatic N) is 3. The molecule has 1 aromatic heterocycles. The van der Waals surface area contributed by atoms with Crippen LogP contribution in [0.1, 0.15) is 19.8 Å². The van der Waals surface area contributed by atoms with Crippen molar-refractivity contribution < 1.29 is 10.0 Å². The second kappa shape index (κ2) is 4.96. The first-order valence-electron chi connectivity index (χ1n) is 6.97. The number of nitro benzene ring substituents is 1. The van der Waals surface area contributed by atoms with E-state index in [2.05, 4.69) is 9.88 Å². The summed E-state index contributed by atoms with van der Waals surface area (Å²) in [6.45, 7) is 3.25. The predicted molar refractivity (Wildman–Crippen MR) is 80.5 cm³/mol. The number of rotatable bonds is 2. The summed E-state index contributed by atoms with van der Waals surface area (Å²) in [6.07, 6.45) is 1.72. The highest BCUT2D eigenvalue weighted by Gasteiger charge is 2.29. The van der Waals surface area contributed by atoms with Gasteiger partial charge in [-0.1, -0.05) is 0 Å². The average molecular weight is 287 g/mol.